The molecule has 3 heterocycles. The van der Waals surface area contributed by atoms with E-state index in [1.807, 2.05) is 0 Å². The van der Waals surface area contributed by atoms with E-state index >= 15 is 0 Å². The van der Waals surface area contributed by atoms with Crippen molar-refractivity contribution >= 4 is 11.5 Å². The Labute approximate surface area is 142 Å². The molecule has 124 valence electrons. The molecule has 1 saturated carbocycles. The van der Waals surface area contributed by atoms with Crippen molar-refractivity contribution in [3.8, 4) is 0 Å². The van der Waals surface area contributed by atoms with E-state index in [2.05, 4.69) is 29.2 Å². The smallest absolute Gasteiger partial charge is 0.229 e. The van der Waals surface area contributed by atoms with Crippen LogP contribution >= 0.6 is 0 Å². The van der Waals surface area contributed by atoms with Crippen molar-refractivity contribution in [2.24, 2.45) is 5.73 Å². The van der Waals surface area contributed by atoms with Crippen LogP contribution in [0.4, 0.5) is 5.95 Å². The van der Waals surface area contributed by atoms with Gasteiger partial charge in [0.15, 0.2) is 5.82 Å². The lowest BCUT2D eigenvalue weighted by Gasteiger charge is -2.32. The van der Waals surface area contributed by atoms with Gasteiger partial charge in [-0.1, -0.05) is 24.3 Å². The van der Waals surface area contributed by atoms with E-state index in [0.717, 1.165) is 56.4 Å². The Morgan fingerprint density at radius 3 is 2.58 bits per heavy atom. The van der Waals surface area contributed by atoms with Gasteiger partial charge in [0.2, 0.25) is 5.95 Å². The number of piperidine rings is 1. The first-order valence-corrected chi connectivity index (χ1v) is 9.06. The number of anilines is 1. The fourth-order valence-corrected chi connectivity index (χ4v) is 3.78. The molecule has 24 heavy (non-hydrogen) atoms. The molecule has 2 aliphatic heterocycles. The lowest BCUT2D eigenvalue weighted by atomic mass is 9.91. The topological polar surface area (TPSA) is 67.9 Å². The molecule has 1 spiro atoms. The van der Waals surface area contributed by atoms with Gasteiger partial charge in [-0.15, -0.1) is 0 Å². The average molecular weight is 321 g/mol. The van der Waals surface area contributed by atoms with Crippen molar-refractivity contribution in [1.29, 1.82) is 0 Å². The van der Waals surface area contributed by atoms with Crippen molar-refractivity contribution in [3.63, 3.8) is 0 Å². The summed E-state index contributed by atoms with van der Waals surface area (Å²) in [5.74, 6) is 2.75. The number of rotatable bonds is 2. The number of aromatic nitrogens is 3. The first-order chi connectivity index (χ1) is 11.7. The SMILES string of the molecule is NC1CCN(c2nc3nc(n2)C2(CC2)CC3=CC=C2C=CC2)CC1. The van der Waals surface area contributed by atoms with E-state index in [1.54, 1.807) is 0 Å². The average Bonchev–Trinajstić information content (AvgIpc) is 3.32. The quantitative estimate of drug-likeness (QED) is 0.906. The van der Waals surface area contributed by atoms with Gasteiger partial charge >= 0.3 is 0 Å². The van der Waals surface area contributed by atoms with Crippen LogP contribution in [-0.2, 0) is 5.41 Å². The maximum Gasteiger partial charge on any atom is 0.229 e. The highest BCUT2D eigenvalue weighted by Crippen LogP contribution is 2.54. The Kier molecular flexibility index (Phi) is 3.13. The van der Waals surface area contributed by atoms with Gasteiger partial charge in [0, 0.05) is 24.5 Å². The summed E-state index contributed by atoms with van der Waals surface area (Å²) < 4.78 is 0. The van der Waals surface area contributed by atoms with Crippen LogP contribution in [0.1, 0.15) is 50.2 Å². The van der Waals surface area contributed by atoms with Crippen molar-refractivity contribution < 1.29 is 0 Å². The lowest BCUT2D eigenvalue weighted by Crippen LogP contribution is -2.41. The van der Waals surface area contributed by atoms with Crippen LogP contribution in [0.25, 0.3) is 5.57 Å². The highest BCUT2D eigenvalue weighted by molar-refractivity contribution is 5.67. The number of allylic oxidation sites excluding steroid dienone is 6. The first-order valence-electron chi connectivity index (χ1n) is 9.06. The third kappa shape index (κ3) is 2.38. The van der Waals surface area contributed by atoms with Gasteiger partial charge in [-0.05, 0) is 49.7 Å². The molecule has 1 aromatic heterocycles. The third-order valence-electron chi connectivity index (χ3n) is 5.77. The summed E-state index contributed by atoms with van der Waals surface area (Å²) in [6, 6.07) is 0.322. The monoisotopic (exact) mass is 321 g/mol. The fraction of sp³-hybridized carbons (Fsp3) is 0.526. The number of fused-ring (bicyclic) bond motifs is 3. The van der Waals surface area contributed by atoms with E-state index < -0.39 is 0 Å². The predicted molar refractivity (Wildman–Crippen MR) is 94.6 cm³/mol. The van der Waals surface area contributed by atoms with E-state index in [-0.39, 0.29) is 5.41 Å². The molecule has 5 nitrogen and oxygen atoms in total. The Morgan fingerprint density at radius 2 is 1.92 bits per heavy atom. The minimum Gasteiger partial charge on any atom is -0.341 e. The maximum atomic E-state index is 6.03. The second-order valence-electron chi connectivity index (χ2n) is 7.60. The molecule has 5 rings (SSSR count). The molecule has 2 aliphatic carbocycles. The molecule has 0 atom stereocenters. The Morgan fingerprint density at radius 1 is 1.12 bits per heavy atom. The van der Waals surface area contributed by atoms with E-state index in [9.17, 15) is 0 Å². The summed E-state index contributed by atoms with van der Waals surface area (Å²) in [7, 11) is 0. The lowest BCUT2D eigenvalue weighted by molar-refractivity contribution is 0.491. The Bertz CT molecular complexity index is 764. The highest BCUT2D eigenvalue weighted by atomic mass is 15.3. The van der Waals surface area contributed by atoms with Crippen molar-refractivity contribution in [3.05, 3.63) is 41.5 Å². The molecule has 1 aromatic rings. The molecule has 2 N–H and O–H groups in total. The second kappa shape index (κ2) is 5.24. The Hall–Kier alpha value is -2.01. The van der Waals surface area contributed by atoms with Crippen LogP contribution in [0.2, 0.25) is 0 Å². The van der Waals surface area contributed by atoms with Crippen LogP contribution in [0.5, 0.6) is 0 Å². The maximum absolute atomic E-state index is 6.03. The third-order valence-corrected chi connectivity index (χ3v) is 5.77. The summed E-state index contributed by atoms with van der Waals surface area (Å²) in [5.41, 5.74) is 8.88. The van der Waals surface area contributed by atoms with Crippen LogP contribution in [0.15, 0.2) is 29.9 Å². The van der Waals surface area contributed by atoms with Crippen LogP contribution in [0, 0.1) is 0 Å². The molecule has 0 radical (unpaired) electrons. The molecule has 2 fully saturated rings. The minimum atomic E-state index is 0.191. The molecule has 0 unspecified atom stereocenters. The molecule has 4 aliphatic rings. The fourth-order valence-electron chi connectivity index (χ4n) is 3.78. The van der Waals surface area contributed by atoms with Gasteiger partial charge in [-0.2, -0.15) is 9.97 Å². The first kappa shape index (κ1) is 14.3. The molecule has 5 heteroatoms. The standard InChI is InChI=1S/C19H23N5/c20-15-6-10-24(11-7-15)18-22-16-14(5-4-13-2-1-3-13)12-19(8-9-19)17(21-16)23-18/h1-2,4-5,15H,3,6-12,20H2. The normalized spacial score (nSPS) is 27.8. The predicted octanol–water partition coefficient (Wildman–Crippen LogP) is 2.50. The summed E-state index contributed by atoms with van der Waals surface area (Å²) in [6.45, 7) is 1.90. The number of nitrogens with two attached hydrogens (primary N) is 1. The molecular formula is C19H23N5. The molecule has 1 saturated heterocycles. The van der Waals surface area contributed by atoms with Gasteiger partial charge < -0.3 is 10.6 Å². The minimum absolute atomic E-state index is 0.191. The van der Waals surface area contributed by atoms with Crippen LogP contribution < -0.4 is 10.6 Å². The van der Waals surface area contributed by atoms with Crippen LogP contribution in [0.3, 0.4) is 0 Å². The molecule has 0 aromatic carbocycles. The summed E-state index contributed by atoms with van der Waals surface area (Å²) in [4.78, 5) is 16.7. The van der Waals surface area contributed by atoms with Gasteiger partial charge in [0.05, 0.1) is 0 Å². The van der Waals surface area contributed by atoms with Crippen LogP contribution in [-0.4, -0.2) is 34.1 Å². The highest BCUT2D eigenvalue weighted by Gasteiger charge is 2.50. The van der Waals surface area contributed by atoms with Gasteiger partial charge in [0.1, 0.15) is 5.82 Å². The van der Waals surface area contributed by atoms with E-state index in [4.69, 9.17) is 20.7 Å². The number of hydrogen-bond acceptors (Lipinski definition) is 5. The zero-order chi connectivity index (χ0) is 16.1. The largest absolute Gasteiger partial charge is 0.341 e. The van der Waals surface area contributed by atoms with E-state index in [0.29, 0.717) is 6.04 Å². The number of hydrogen-bond donors (Lipinski definition) is 1. The van der Waals surface area contributed by atoms with Gasteiger partial charge in [-0.25, -0.2) is 4.98 Å². The van der Waals surface area contributed by atoms with Gasteiger partial charge in [-0.3, -0.25) is 0 Å². The summed E-state index contributed by atoms with van der Waals surface area (Å²) in [6.07, 6.45) is 15.4. The molecular weight excluding hydrogens is 298 g/mol. The van der Waals surface area contributed by atoms with Crippen molar-refractivity contribution in [2.75, 3.05) is 18.0 Å². The zero-order valence-electron chi connectivity index (χ0n) is 13.9. The Balaban J connectivity index is 1.50. The van der Waals surface area contributed by atoms with Crippen molar-refractivity contribution in [2.45, 2.75) is 50.0 Å². The van der Waals surface area contributed by atoms with Gasteiger partial charge in [0.25, 0.3) is 0 Å². The molecule has 2 bridgehead atoms. The molecule has 0 amide bonds. The van der Waals surface area contributed by atoms with Crippen molar-refractivity contribution in [1.82, 2.24) is 15.0 Å². The van der Waals surface area contributed by atoms with E-state index in [1.165, 1.54) is 24.0 Å². The summed E-state index contributed by atoms with van der Waals surface area (Å²) >= 11 is 0. The number of nitrogens with zero attached hydrogens (tertiary/aromatic N) is 4. The zero-order valence-corrected chi connectivity index (χ0v) is 13.9. The second-order valence-corrected chi connectivity index (χ2v) is 7.60. The summed E-state index contributed by atoms with van der Waals surface area (Å²) in [5, 5.41) is 0.